The summed E-state index contributed by atoms with van der Waals surface area (Å²) in [7, 11) is 3.38. The zero-order valence-corrected chi connectivity index (χ0v) is 8.97. The number of amides is 1. The van der Waals surface area contributed by atoms with E-state index in [1.54, 1.807) is 0 Å². The average molecular weight is 204 g/mol. The van der Waals surface area contributed by atoms with Crippen LogP contribution in [0.4, 0.5) is 0 Å². The van der Waals surface area contributed by atoms with Crippen molar-refractivity contribution in [1.29, 1.82) is 0 Å². The third-order valence-electron chi connectivity index (χ3n) is 1.56. The number of ether oxygens (including phenoxy) is 2. The summed E-state index contributed by atoms with van der Waals surface area (Å²) in [5.41, 5.74) is 0. The van der Waals surface area contributed by atoms with Gasteiger partial charge < -0.3 is 20.1 Å². The molecule has 0 heterocycles. The topological polar surface area (TPSA) is 59.6 Å². The first-order valence-electron chi connectivity index (χ1n) is 4.79. The van der Waals surface area contributed by atoms with Crippen LogP contribution in [0.15, 0.2) is 0 Å². The van der Waals surface area contributed by atoms with Crippen molar-refractivity contribution in [3.05, 3.63) is 0 Å². The Morgan fingerprint density at radius 2 is 2.07 bits per heavy atom. The molecule has 0 atom stereocenters. The van der Waals surface area contributed by atoms with Crippen LogP contribution in [-0.4, -0.2) is 53.0 Å². The van der Waals surface area contributed by atoms with E-state index in [0.717, 1.165) is 13.0 Å². The highest BCUT2D eigenvalue weighted by Gasteiger charge is 1.97. The Balaban J connectivity index is 3.01. The molecule has 0 fully saturated rings. The molecule has 0 aromatic rings. The second kappa shape index (κ2) is 10.4. The van der Waals surface area contributed by atoms with Gasteiger partial charge in [-0.25, -0.2) is 0 Å². The van der Waals surface area contributed by atoms with Crippen molar-refractivity contribution in [1.82, 2.24) is 10.6 Å². The lowest BCUT2D eigenvalue weighted by molar-refractivity contribution is -0.124. The standard InChI is InChI=1S/C9H20N2O3/c1-10-5-7-14-6-3-4-11-9(12)8-13-2/h10H,3-8H2,1-2H3,(H,11,12). The van der Waals surface area contributed by atoms with Gasteiger partial charge >= 0.3 is 0 Å². The Hall–Kier alpha value is -0.650. The van der Waals surface area contributed by atoms with Crippen molar-refractivity contribution < 1.29 is 14.3 Å². The largest absolute Gasteiger partial charge is 0.380 e. The number of likely N-dealkylation sites (N-methyl/N-ethyl adjacent to an activating group) is 1. The van der Waals surface area contributed by atoms with Gasteiger partial charge in [0, 0.05) is 26.8 Å². The maximum absolute atomic E-state index is 10.9. The second-order valence-electron chi connectivity index (χ2n) is 2.85. The Morgan fingerprint density at radius 1 is 1.29 bits per heavy atom. The van der Waals surface area contributed by atoms with E-state index in [1.165, 1.54) is 7.11 Å². The number of methoxy groups -OCH3 is 1. The summed E-state index contributed by atoms with van der Waals surface area (Å²) in [5, 5.41) is 5.70. The number of carbonyl (C=O) groups is 1. The molecule has 0 spiro atoms. The molecule has 5 nitrogen and oxygen atoms in total. The van der Waals surface area contributed by atoms with Gasteiger partial charge in [0.25, 0.3) is 0 Å². The average Bonchev–Trinajstić information content (AvgIpc) is 2.17. The molecule has 0 aliphatic heterocycles. The normalized spacial score (nSPS) is 10.1. The summed E-state index contributed by atoms with van der Waals surface area (Å²) >= 11 is 0. The minimum Gasteiger partial charge on any atom is -0.380 e. The van der Waals surface area contributed by atoms with Crippen molar-refractivity contribution in [3.8, 4) is 0 Å². The van der Waals surface area contributed by atoms with Crippen LogP contribution in [0.1, 0.15) is 6.42 Å². The third kappa shape index (κ3) is 9.44. The Morgan fingerprint density at radius 3 is 2.71 bits per heavy atom. The minimum atomic E-state index is -0.0808. The number of carbonyl (C=O) groups excluding carboxylic acids is 1. The number of hydrogen-bond donors (Lipinski definition) is 2. The molecule has 5 heteroatoms. The zero-order valence-electron chi connectivity index (χ0n) is 8.97. The second-order valence-corrected chi connectivity index (χ2v) is 2.85. The molecule has 0 aliphatic carbocycles. The SMILES string of the molecule is CNCCOCCCNC(=O)COC. The summed E-state index contributed by atoms with van der Waals surface area (Å²) in [6, 6.07) is 0. The Kier molecular flexibility index (Phi) is 9.95. The van der Waals surface area contributed by atoms with Crippen LogP contribution < -0.4 is 10.6 Å². The molecule has 0 unspecified atom stereocenters. The molecule has 84 valence electrons. The van der Waals surface area contributed by atoms with Gasteiger partial charge in [-0.05, 0) is 13.5 Å². The van der Waals surface area contributed by atoms with E-state index in [-0.39, 0.29) is 12.5 Å². The highest BCUT2D eigenvalue weighted by atomic mass is 16.5. The minimum absolute atomic E-state index is 0.0808. The monoisotopic (exact) mass is 204 g/mol. The maximum Gasteiger partial charge on any atom is 0.245 e. The summed E-state index contributed by atoms with van der Waals surface area (Å²) in [5.74, 6) is -0.0808. The summed E-state index contributed by atoms with van der Waals surface area (Å²) in [6.45, 7) is 3.01. The Bertz CT molecular complexity index is 142. The molecule has 0 saturated carbocycles. The van der Waals surface area contributed by atoms with Crippen LogP contribution >= 0.6 is 0 Å². The highest BCUT2D eigenvalue weighted by molar-refractivity contribution is 5.77. The van der Waals surface area contributed by atoms with Crippen molar-refractivity contribution >= 4 is 5.91 Å². The molecule has 0 bridgehead atoms. The predicted octanol–water partition coefficient (Wildman–Crippen LogP) is -0.625. The van der Waals surface area contributed by atoms with Crippen LogP contribution in [0.5, 0.6) is 0 Å². The Labute approximate surface area is 85.1 Å². The third-order valence-corrected chi connectivity index (χ3v) is 1.56. The van der Waals surface area contributed by atoms with E-state index in [1.807, 2.05) is 7.05 Å². The number of rotatable bonds is 9. The van der Waals surface area contributed by atoms with E-state index in [2.05, 4.69) is 15.4 Å². The van der Waals surface area contributed by atoms with Crippen molar-refractivity contribution in [2.75, 3.05) is 47.1 Å². The van der Waals surface area contributed by atoms with Crippen molar-refractivity contribution in [3.63, 3.8) is 0 Å². The van der Waals surface area contributed by atoms with Gasteiger partial charge in [0.1, 0.15) is 6.61 Å². The summed E-state index contributed by atoms with van der Waals surface area (Å²) in [6.07, 6.45) is 0.833. The molecular formula is C9H20N2O3. The molecule has 0 aromatic heterocycles. The van der Waals surface area contributed by atoms with Crippen LogP contribution in [-0.2, 0) is 14.3 Å². The molecule has 1 amide bonds. The first kappa shape index (κ1) is 13.4. The summed E-state index contributed by atoms with van der Waals surface area (Å²) < 4.78 is 9.93. The van der Waals surface area contributed by atoms with Crippen molar-refractivity contribution in [2.24, 2.45) is 0 Å². The van der Waals surface area contributed by atoms with E-state index < -0.39 is 0 Å². The van der Waals surface area contributed by atoms with Gasteiger partial charge in [0.15, 0.2) is 0 Å². The quantitative estimate of drug-likeness (QED) is 0.491. The predicted molar refractivity (Wildman–Crippen MR) is 54.2 cm³/mol. The molecule has 0 rings (SSSR count). The maximum atomic E-state index is 10.9. The fourth-order valence-electron chi connectivity index (χ4n) is 0.860. The van der Waals surface area contributed by atoms with Crippen LogP contribution in [0.25, 0.3) is 0 Å². The van der Waals surface area contributed by atoms with E-state index in [0.29, 0.717) is 19.8 Å². The molecular weight excluding hydrogens is 184 g/mol. The number of nitrogens with one attached hydrogen (secondary N) is 2. The van der Waals surface area contributed by atoms with Crippen LogP contribution in [0.2, 0.25) is 0 Å². The van der Waals surface area contributed by atoms with Gasteiger partial charge in [0.05, 0.1) is 6.61 Å². The van der Waals surface area contributed by atoms with Gasteiger partial charge in [-0.2, -0.15) is 0 Å². The smallest absolute Gasteiger partial charge is 0.245 e. The van der Waals surface area contributed by atoms with Crippen molar-refractivity contribution in [2.45, 2.75) is 6.42 Å². The van der Waals surface area contributed by atoms with Gasteiger partial charge in [-0.1, -0.05) is 0 Å². The highest BCUT2D eigenvalue weighted by Crippen LogP contribution is 1.80. The van der Waals surface area contributed by atoms with Crippen LogP contribution in [0, 0.1) is 0 Å². The first-order valence-corrected chi connectivity index (χ1v) is 4.79. The molecule has 0 aliphatic rings. The van der Waals surface area contributed by atoms with E-state index >= 15 is 0 Å². The number of hydrogen-bond acceptors (Lipinski definition) is 4. The molecule has 0 radical (unpaired) electrons. The first-order chi connectivity index (χ1) is 6.81. The summed E-state index contributed by atoms with van der Waals surface area (Å²) in [4.78, 5) is 10.9. The lowest BCUT2D eigenvalue weighted by Crippen LogP contribution is -2.28. The molecule has 14 heavy (non-hydrogen) atoms. The van der Waals surface area contributed by atoms with Gasteiger partial charge in [-0.3, -0.25) is 4.79 Å². The molecule has 2 N–H and O–H groups in total. The zero-order chi connectivity index (χ0) is 10.6. The fourth-order valence-corrected chi connectivity index (χ4v) is 0.860. The lowest BCUT2D eigenvalue weighted by atomic mass is 10.4. The van der Waals surface area contributed by atoms with Crippen LogP contribution in [0.3, 0.4) is 0 Å². The van der Waals surface area contributed by atoms with Gasteiger partial charge in [-0.15, -0.1) is 0 Å². The van der Waals surface area contributed by atoms with Gasteiger partial charge in [0.2, 0.25) is 5.91 Å². The van der Waals surface area contributed by atoms with E-state index in [4.69, 9.17) is 4.74 Å². The molecule has 0 saturated heterocycles. The fraction of sp³-hybridized carbons (Fsp3) is 0.889. The lowest BCUT2D eigenvalue weighted by Gasteiger charge is -2.05. The molecule has 0 aromatic carbocycles. The van der Waals surface area contributed by atoms with E-state index in [9.17, 15) is 4.79 Å².